The van der Waals surface area contributed by atoms with Crippen LogP contribution in [-0.2, 0) is 21.2 Å². The molecule has 1 N–H and O–H groups in total. The fraction of sp³-hybridized carbons (Fsp3) is 0.381. The molecule has 7 nitrogen and oxygen atoms in total. The first kappa shape index (κ1) is 22.7. The molecule has 2 rings (SSSR count). The van der Waals surface area contributed by atoms with E-state index in [0.717, 1.165) is 15.6 Å². The van der Waals surface area contributed by atoms with Crippen molar-refractivity contribution in [2.24, 2.45) is 0 Å². The van der Waals surface area contributed by atoms with Crippen molar-refractivity contribution >= 4 is 15.9 Å². The minimum atomic E-state index is -3.55. The van der Waals surface area contributed by atoms with E-state index in [0.29, 0.717) is 30.9 Å². The van der Waals surface area contributed by atoms with Crippen LogP contribution in [0.15, 0.2) is 47.4 Å². The SMILES string of the molecule is COc1ccc(S(=O)(=O)N(C)C)cc1CCC(=O)NCCOc1ccc(C)cc1. The molecule has 2 aromatic rings. The summed E-state index contributed by atoms with van der Waals surface area (Å²) >= 11 is 0. The highest BCUT2D eigenvalue weighted by molar-refractivity contribution is 7.89. The second-order valence-electron chi connectivity index (χ2n) is 6.77. The van der Waals surface area contributed by atoms with E-state index >= 15 is 0 Å². The summed E-state index contributed by atoms with van der Waals surface area (Å²) in [5, 5.41) is 2.80. The number of sulfonamides is 1. The second kappa shape index (κ2) is 10.3. The third-order valence-electron chi connectivity index (χ3n) is 4.37. The molecule has 8 heteroatoms. The predicted molar refractivity (Wildman–Crippen MR) is 112 cm³/mol. The number of carbonyl (C=O) groups is 1. The van der Waals surface area contributed by atoms with Gasteiger partial charge >= 0.3 is 0 Å². The first-order chi connectivity index (χ1) is 13.7. The number of nitrogens with one attached hydrogen (secondary N) is 1. The first-order valence-corrected chi connectivity index (χ1v) is 10.7. The highest BCUT2D eigenvalue weighted by Crippen LogP contribution is 2.25. The Morgan fingerprint density at radius 1 is 1.10 bits per heavy atom. The maximum Gasteiger partial charge on any atom is 0.242 e. The monoisotopic (exact) mass is 420 g/mol. The Morgan fingerprint density at radius 2 is 1.79 bits per heavy atom. The van der Waals surface area contributed by atoms with Crippen LogP contribution >= 0.6 is 0 Å². The zero-order chi connectivity index (χ0) is 21.4. The van der Waals surface area contributed by atoms with E-state index < -0.39 is 10.0 Å². The van der Waals surface area contributed by atoms with Crippen LogP contribution in [0, 0.1) is 6.92 Å². The zero-order valence-electron chi connectivity index (χ0n) is 17.3. The fourth-order valence-corrected chi connectivity index (χ4v) is 3.60. The van der Waals surface area contributed by atoms with Gasteiger partial charge < -0.3 is 14.8 Å². The Morgan fingerprint density at radius 3 is 2.41 bits per heavy atom. The van der Waals surface area contributed by atoms with Crippen molar-refractivity contribution < 1.29 is 22.7 Å². The minimum absolute atomic E-state index is 0.138. The van der Waals surface area contributed by atoms with Crippen LogP contribution in [0.4, 0.5) is 0 Å². The third kappa shape index (κ3) is 6.47. The predicted octanol–water partition coefficient (Wildman–Crippen LogP) is 2.38. The topological polar surface area (TPSA) is 84.9 Å². The smallest absolute Gasteiger partial charge is 0.242 e. The maximum atomic E-state index is 12.3. The number of rotatable bonds is 10. The van der Waals surface area contributed by atoms with Gasteiger partial charge in [0, 0.05) is 20.5 Å². The lowest BCUT2D eigenvalue weighted by Crippen LogP contribution is -2.28. The summed E-state index contributed by atoms with van der Waals surface area (Å²) in [5.41, 5.74) is 1.82. The maximum absolute atomic E-state index is 12.3. The molecule has 0 aliphatic heterocycles. The molecule has 0 saturated carbocycles. The van der Waals surface area contributed by atoms with Gasteiger partial charge in [-0.2, -0.15) is 0 Å². The first-order valence-electron chi connectivity index (χ1n) is 9.29. The molecule has 0 aromatic heterocycles. The summed E-state index contributed by atoms with van der Waals surface area (Å²) in [7, 11) is 0.921. The molecule has 1 amide bonds. The molecule has 0 aliphatic rings. The van der Waals surface area contributed by atoms with Gasteiger partial charge in [-0.1, -0.05) is 17.7 Å². The number of aryl methyl sites for hydroxylation is 2. The highest BCUT2D eigenvalue weighted by atomic mass is 32.2. The van der Waals surface area contributed by atoms with Gasteiger partial charge in [0.05, 0.1) is 18.6 Å². The van der Waals surface area contributed by atoms with Gasteiger partial charge in [0.15, 0.2) is 0 Å². The average molecular weight is 421 g/mol. The van der Waals surface area contributed by atoms with Crippen LogP contribution in [-0.4, -0.2) is 53.0 Å². The van der Waals surface area contributed by atoms with Gasteiger partial charge in [-0.25, -0.2) is 12.7 Å². The Balaban J connectivity index is 1.87. The van der Waals surface area contributed by atoms with Crippen molar-refractivity contribution in [1.82, 2.24) is 9.62 Å². The molecular weight excluding hydrogens is 392 g/mol. The van der Waals surface area contributed by atoms with Gasteiger partial charge in [-0.15, -0.1) is 0 Å². The Kier molecular flexibility index (Phi) is 8.04. The molecule has 0 radical (unpaired) electrons. The number of ether oxygens (including phenoxy) is 2. The van der Waals surface area contributed by atoms with Gasteiger partial charge in [0.1, 0.15) is 18.1 Å². The van der Waals surface area contributed by atoms with Crippen molar-refractivity contribution in [1.29, 1.82) is 0 Å². The lowest BCUT2D eigenvalue weighted by atomic mass is 10.1. The summed E-state index contributed by atoms with van der Waals surface area (Å²) in [6.45, 7) is 2.76. The quantitative estimate of drug-likeness (QED) is 0.597. The molecule has 0 fully saturated rings. The number of methoxy groups -OCH3 is 1. The number of carbonyl (C=O) groups excluding carboxylic acids is 1. The molecule has 0 atom stereocenters. The fourth-order valence-electron chi connectivity index (χ4n) is 2.65. The number of hydrogen-bond donors (Lipinski definition) is 1. The van der Waals surface area contributed by atoms with Crippen LogP contribution in [0.2, 0.25) is 0 Å². The van der Waals surface area contributed by atoms with Crippen LogP contribution in [0.1, 0.15) is 17.5 Å². The summed E-state index contributed by atoms with van der Waals surface area (Å²) in [6, 6.07) is 12.4. The van der Waals surface area contributed by atoms with E-state index in [1.807, 2.05) is 31.2 Å². The Bertz CT molecular complexity index is 925. The van der Waals surface area contributed by atoms with Crippen molar-refractivity contribution in [3.05, 3.63) is 53.6 Å². The molecule has 0 heterocycles. The van der Waals surface area contributed by atoms with E-state index in [-0.39, 0.29) is 17.2 Å². The van der Waals surface area contributed by atoms with Gasteiger partial charge in [-0.05, 0) is 49.2 Å². The van der Waals surface area contributed by atoms with Gasteiger partial charge in [0.2, 0.25) is 15.9 Å². The molecule has 0 spiro atoms. The number of nitrogens with zero attached hydrogens (tertiary/aromatic N) is 1. The van der Waals surface area contributed by atoms with E-state index in [2.05, 4.69) is 5.32 Å². The zero-order valence-corrected chi connectivity index (χ0v) is 18.1. The van der Waals surface area contributed by atoms with Gasteiger partial charge in [0.25, 0.3) is 0 Å². The highest BCUT2D eigenvalue weighted by Gasteiger charge is 2.19. The lowest BCUT2D eigenvalue weighted by molar-refractivity contribution is -0.121. The Hall–Kier alpha value is -2.58. The summed E-state index contributed by atoms with van der Waals surface area (Å²) in [4.78, 5) is 12.3. The summed E-state index contributed by atoms with van der Waals surface area (Å²) in [6.07, 6.45) is 0.580. The molecule has 0 saturated heterocycles. The van der Waals surface area contributed by atoms with Crippen molar-refractivity contribution in [3.63, 3.8) is 0 Å². The second-order valence-corrected chi connectivity index (χ2v) is 8.92. The van der Waals surface area contributed by atoms with Crippen LogP contribution in [0.3, 0.4) is 0 Å². The van der Waals surface area contributed by atoms with E-state index in [4.69, 9.17) is 9.47 Å². The molecule has 2 aromatic carbocycles. The summed E-state index contributed by atoms with van der Waals surface area (Å²) in [5.74, 6) is 1.17. The van der Waals surface area contributed by atoms with Crippen LogP contribution in [0.25, 0.3) is 0 Å². The number of hydrogen-bond acceptors (Lipinski definition) is 5. The van der Waals surface area contributed by atoms with Gasteiger partial charge in [-0.3, -0.25) is 4.79 Å². The molecular formula is C21H28N2O5S. The van der Waals surface area contributed by atoms with Crippen LogP contribution in [0.5, 0.6) is 11.5 Å². The number of amides is 1. The molecule has 158 valence electrons. The lowest BCUT2D eigenvalue weighted by Gasteiger charge is -2.14. The largest absolute Gasteiger partial charge is 0.496 e. The normalized spacial score (nSPS) is 11.3. The molecule has 0 aliphatic carbocycles. The standard InChI is InChI=1S/C21H28N2O5S/c1-16-5-8-18(9-6-16)28-14-13-22-21(24)12-7-17-15-19(10-11-20(17)27-4)29(25,26)23(2)3/h5-6,8-11,15H,7,12-14H2,1-4H3,(H,22,24). The van der Waals surface area contributed by atoms with E-state index in [1.165, 1.54) is 27.3 Å². The van der Waals surface area contributed by atoms with Crippen molar-refractivity contribution in [2.45, 2.75) is 24.7 Å². The minimum Gasteiger partial charge on any atom is -0.496 e. The molecule has 0 bridgehead atoms. The summed E-state index contributed by atoms with van der Waals surface area (Å²) < 4.78 is 36.7. The number of benzene rings is 2. The van der Waals surface area contributed by atoms with Crippen molar-refractivity contribution in [3.8, 4) is 11.5 Å². The van der Waals surface area contributed by atoms with Crippen molar-refractivity contribution in [2.75, 3.05) is 34.4 Å². The Labute approximate surface area is 172 Å². The average Bonchev–Trinajstić information content (AvgIpc) is 2.70. The van der Waals surface area contributed by atoms with Crippen LogP contribution < -0.4 is 14.8 Å². The molecule has 0 unspecified atom stereocenters. The molecule has 29 heavy (non-hydrogen) atoms. The third-order valence-corrected chi connectivity index (χ3v) is 6.18. The van der Waals surface area contributed by atoms with E-state index in [9.17, 15) is 13.2 Å². The van der Waals surface area contributed by atoms with E-state index in [1.54, 1.807) is 12.1 Å².